The summed E-state index contributed by atoms with van der Waals surface area (Å²) in [5.41, 5.74) is 3.04. The zero-order valence-corrected chi connectivity index (χ0v) is 11.1. The van der Waals surface area contributed by atoms with Crippen LogP contribution in [0.1, 0.15) is 21.5 Å². The first-order valence-corrected chi connectivity index (χ1v) is 6.12. The van der Waals surface area contributed by atoms with Crippen molar-refractivity contribution in [3.63, 3.8) is 0 Å². The van der Waals surface area contributed by atoms with Gasteiger partial charge in [0.05, 0.1) is 11.3 Å². The van der Waals surface area contributed by atoms with Gasteiger partial charge in [-0.2, -0.15) is 0 Å². The van der Waals surface area contributed by atoms with Gasteiger partial charge in [0.2, 0.25) is 0 Å². The molecule has 0 fully saturated rings. The van der Waals surface area contributed by atoms with Crippen LogP contribution in [0.2, 0.25) is 5.15 Å². The van der Waals surface area contributed by atoms with Crippen LogP contribution < -0.4 is 5.32 Å². The average Bonchev–Trinajstić information content (AvgIpc) is 2.40. The number of aromatic nitrogens is 1. The van der Waals surface area contributed by atoms with Gasteiger partial charge in [0.25, 0.3) is 0 Å². The van der Waals surface area contributed by atoms with Crippen LogP contribution >= 0.6 is 11.6 Å². The van der Waals surface area contributed by atoms with E-state index >= 15 is 0 Å². The van der Waals surface area contributed by atoms with Crippen molar-refractivity contribution in [3.8, 4) is 0 Å². The first-order chi connectivity index (χ1) is 9.06. The fourth-order valence-electron chi connectivity index (χ4n) is 1.64. The highest BCUT2D eigenvalue weighted by Gasteiger charge is 2.04. The van der Waals surface area contributed by atoms with Crippen molar-refractivity contribution in [1.29, 1.82) is 0 Å². The summed E-state index contributed by atoms with van der Waals surface area (Å²) in [6.07, 6.45) is 1.70. The van der Waals surface area contributed by atoms with E-state index in [0.717, 1.165) is 16.8 Å². The molecule has 1 heterocycles. The zero-order valence-electron chi connectivity index (χ0n) is 10.4. The van der Waals surface area contributed by atoms with Gasteiger partial charge < -0.3 is 10.4 Å². The molecule has 4 nitrogen and oxygen atoms in total. The Morgan fingerprint density at radius 1 is 1.37 bits per heavy atom. The summed E-state index contributed by atoms with van der Waals surface area (Å²) >= 11 is 5.98. The van der Waals surface area contributed by atoms with E-state index in [1.165, 1.54) is 0 Å². The highest BCUT2D eigenvalue weighted by Crippen LogP contribution is 2.20. The molecule has 0 aliphatic rings. The van der Waals surface area contributed by atoms with E-state index in [9.17, 15) is 4.79 Å². The Labute approximate surface area is 116 Å². The van der Waals surface area contributed by atoms with Crippen molar-refractivity contribution in [2.45, 2.75) is 13.5 Å². The Morgan fingerprint density at radius 2 is 2.05 bits per heavy atom. The molecule has 5 heteroatoms. The van der Waals surface area contributed by atoms with Gasteiger partial charge in [0, 0.05) is 12.7 Å². The summed E-state index contributed by atoms with van der Waals surface area (Å²) in [5, 5.41) is 12.4. The van der Waals surface area contributed by atoms with E-state index in [0.29, 0.717) is 11.7 Å². The van der Waals surface area contributed by atoms with Gasteiger partial charge in [-0.3, -0.25) is 0 Å². The molecule has 0 radical (unpaired) electrons. The second-order valence-electron chi connectivity index (χ2n) is 4.21. The molecule has 0 saturated heterocycles. The SMILES string of the molecule is Cc1cnc(Cl)c(NCc2ccc(C(=O)O)cc2)c1. The summed E-state index contributed by atoms with van der Waals surface area (Å²) in [5.74, 6) is -0.926. The predicted molar refractivity (Wildman–Crippen MR) is 74.7 cm³/mol. The molecule has 0 bridgehead atoms. The van der Waals surface area contributed by atoms with E-state index in [4.69, 9.17) is 16.7 Å². The third kappa shape index (κ3) is 3.45. The molecule has 2 N–H and O–H groups in total. The number of aromatic carboxylic acids is 1. The summed E-state index contributed by atoms with van der Waals surface area (Å²) in [7, 11) is 0. The lowest BCUT2D eigenvalue weighted by molar-refractivity contribution is 0.0697. The van der Waals surface area contributed by atoms with Gasteiger partial charge >= 0.3 is 5.97 Å². The van der Waals surface area contributed by atoms with Gasteiger partial charge in [-0.05, 0) is 36.2 Å². The third-order valence-corrected chi connectivity index (χ3v) is 2.96. The first-order valence-electron chi connectivity index (χ1n) is 5.74. The van der Waals surface area contributed by atoms with Crippen LogP contribution in [0.3, 0.4) is 0 Å². The number of hydrogen-bond donors (Lipinski definition) is 2. The molecule has 2 aromatic rings. The van der Waals surface area contributed by atoms with Crippen molar-refractivity contribution in [2.75, 3.05) is 5.32 Å². The van der Waals surface area contributed by atoms with E-state index in [1.54, 1.807) is 30.5 Å². The lowest BCUT2D eigenvalue weighted by atomic mass is 10.1. The van der Waals surface area contributed by atoms with Gasteiger partial charge in [0.1, 0.15) is 0 Å². The molecule has 2 rings (SSSR count). The number of carboxylic acid groups (broad SMARTS) is 1. The van der Waals surface area contributed by atoms with Crippen LogP contribution in [-0.4, -0.2) is 16.1 Å². The number of carboxylic acids is 1. The van der Waals surface area contributed by atoms with Gasteiger partial charge in [-0.1, -0.05) is 23.7 Å². The Bertz CT molecular complexity index is 597. The van der Waals surface area contributed by atoms with E-state index in [-0.39, 0.29) is 5.56 Å². The van der Waals surface area contributed by atoms with Crippen molar-refractivity contribution in [1.82, 2.24) is 4.98 Å². The first kappa shape index (κ1) is 13.4. The molecule has 0 atom stereocenters. The number of pyridine rings is 1. The highest BCUT2D eigenvalue weighted by atomic mass is 35.5. The molecule has 1 aromatic heterocycles. The number of nitrogens with one attached hydrogen (secondary N) is 1. The van der Waals surface area contributed by atoms with E-state index in [1.807, 2.05) is 13.0 Å². The highest BCUT2D eigenvalue weighted by molar-refractivity contribution is 6.31. The molecule has 19 heavy (non-hydrogen) atoms. The van der Waals surface area contributed by atoms with Crippen LogP contribution in [0.15, 0.2) is 36.5 Å². The molecule has 0 unspecified atom stereocenters. The number of aryl methyl sites for hydroxylation is 1. The third-order valence-electron chi connectivity index (χ3n) is 2.66. The summed E-state index contributed by atoms with van der Waals surface area (Å²) in [6.45, 7) is 2.50. The number of halogens is 1. The van der Waals surface area contributed by atoms with Crippen LogP contribution in [0.4, 0.5) is 5.69 Å². The smallest absolute Gasteiger partial charge is 0.335 e. The largest absolute Gasteiger partial charge is 0.478 e. The molecule has 0 saturated carbocycles. The quantitative estimate of drug-likeness (QED) is 0.841. The molecular weight excluding hydrogens is 264 g/mol. The minimum atomic E-state index is -0.926. The van der Waals surface area contributed by atoms with Crippen molar-refractivity contribution in [3.05, 3.63) is 58.4 Å². The molecular formula is C14H13ClN2O2. The van der Waals surface area contributed by atoms with Gasteiger partial charge in [-0.25, -0.2) is 9.78 Å². The standard InChI is InChI=1S/C14H13ClN2O2/c1-9-6-12(13(15)17-7-9)16-8-10-2-4-11(5-3-10)14(18)19/h2-7,16H,8H2,1H3,(H,18,19). The van der Waals surface area contributed by atoms with Crippen LogP contribution in [0, 0.1) is 6.92 Å². The molecule has 0 aliphatic heterocycles. The number of rotatable bonds is 4. The van der Waals surface area contributed by atoms with Crippen LogP contribution in [0.5, 0.6) is 0 Å². The summed E-state index contributed by atoms with van der Waals surface area (Å²) < 4.78 is 0. The average molecular weight is 277 g/mol. The fraction of sp³-hybridized carbons (Fsp3) is 0.143. The minimum Gasteiger partial charge on any atom is -0.478 e. The minimum absolute atomic E-state index is 0.277. The van der Waals surface area contributed by atoms with Crippen molar-refractivity contribution in [2.24, 2.45) is 0 Å². The Balaban J connectivity index is 2.06. The van der Waals surface area contributed by atoms with Crippen molar-refractivity contribution >= 4 is 23.3 Å². The fourth-order valence-corrected chi connectivity index (χ4v) is 1.81. The zero-order chi connectivity index (χ0) is 13.8. The predicted octanol–water partition coefficient (Wildman–Crippen LogP) is 3.35. The molecule has 0 spiro atoms. The van der Waals surface area contributed by atoms with Crippen LogP contribution in [-0.2, 0) is 6.54 Å². The number of carbonyl (C=O) groups is 1. The maximum atomic E-state index is 10.7. The van der Waals surface area contributed by atoms with E-state index in [2.05, 4.69) is 10.3 Å². The van der Waals surface area contributed by atoms with Crippen molar-refractivity contribution < 1.29 is 9.90 Å². The Kier molecular flexibility index (Phi) is 4.02. The maximum Gasteiger partial charge on any atom is 0.335 e. The molecule has 98 valence electrons. The summed E-state index contributed by atoms with van der Waals surface area (Å²) in [6, 6.07) is 8.62. The number of benzene rings is 1. The second kappa shape index (κ2) is 5.71. The number of anilines is 1. The maximum absolute atomic E-state index is 10.7. The topological polar surface area (TPSA) is 62.2 Å². The lowest BCUT2D eigenvalue weighted by Crippen LogP contribution is -2.02. The summed E-state index contributed by atoms with van der Waals surface area (Å²) in [4.78, 5) is 14.8. The Morgan fingerprint density at radius 3 is 2.68 bits per heavy atom. The number of hydrogen-bond acceptors (Lipinski definition) is 3. The van der Waals surface area contributed by atoms with Crippen LogP contribution in [0.25, 0.3) is 0 Å². The van der Waals surface area contributed by atoms with E-state index < -0.39 is 5.97 Å². The lowest BCUT2D eigenvalue weighted by Gasteiger charge is -2.08. The monoisotopic (exact) mass is 276 g/mol. The second-order valence-corrected chi connectivity index (χ2v) is 4.56. The molecule has 0 aliphatic carbocycles. The van der Waals surface area contributed by atoms with Gasteiger partial charge in [0.15, 0.2) is 5.15 Å². The van der Waals surface area contributed by atoms with Gasteiger partial charge in [-0.15, -0.1) is 0 Å². The normalized spacial score (nSPS) is 10.2. The Hall–Kier alpha value is -2.07. The molecule has 1 aromatic carbocycles. The number of nitrogens with zero attached hydrogens (tertiary/aromatic N) is 1. The molecule has 0 amide bonds.